The van der Waals surface area contributed by atoms with Crippen LogP contribution in [-0.4, -0.2) is 54.5 Å². The van der Waals surface area contributed by atoms with Crippen LogP contribution in [0.15, 0.2) is 0 Å². The van der Waals surface area contributed by atoms with E-state index in [1.807, 2.05) is 0 Å². The van der Waals surface area contributed by atoms with Gasteiger partial charge >= 0.3 is 0 Å². The maximum atomic E-state index is 12.5. The van der Waals surface area contributed by atoms with Gasteiger partial charge in [0.05, 0.1) is 10.9 Å². The lowest BCUT2D eigenvalue weighted by molar-refractivity contribution is -0.153. The molecule has 0 bridgehead atoms. The fraction of sp³-hybridized carbons (Fsp3) is 0.941. The van der Waals surface area contributed by atoms with Crippen LogP contribution < -0.4 is 0 Å². The summed E-state index contributed by atoms with van der Waals surface area (Å²) in [6.45, 7) is 9.80. The molecule has 1 rings (SSSR count). The summed E-state index contributed by atoms with van der Waals surface area (Å²) in [5.41, 5.74) is -0.568. The molecule has 0 radical (unpaired) electrons. The molecule has 1 fully saturated rings. The number of carbonyl (C=O) groups is 1. The van der Waals surface area contributed by atoms with Gasteiger partial charge in [0.1, 0.15) is 0 Å². The quantitative estimate of drug-likeness (QED) is 0.799. The molecule has 0 saturated heterocycles. The lowest BCUT2D eigenvalue weighted by Gasteiger charge is -2.46. The Balaban J connectivity index is 2.58. The van der Waals surface area contributed by atoms with Crippen LogP contribution in [0.1, 0.15) is 60.3 Å². The molecule has 0 aromatic heterocycles. The van der Waals surface area contributed by atoms with E-state index < -0.39 is 20.7 Å². The summed E-state index contributed by atoms with van der Waals surface area (Å²) in [5.74, 6) is -0.257. The maximum Gasteiger partial charge on any atom is 0.225 e. The smallest absolute Gasteiger partial charge is 0.225 e. The standard InChI is InChI=1S/C17H33NO4S/c1-12(13(2)23(7,21)22)18(6)15(19)14-10-17(20,11-14)9-8-16(3,4)5/h12-14,20H,8-11H2,1-7H3/t12-,13+,14?,17?/m1/s1. The summed E-state index contributed by atoms with van der Waals surface area (Å²) in [4.78, 5) is 14.0. The Hall–Kier alpha value is -0.620. The van der Waals surface area contributed by atoms with Crippen molar-refractivity contribution in [1.29, 1.82) is 0 Å². The van der Waals surface area contributed by atoms with Crippen molar-refractivity contribution in [3.05, 3.63) is 0 Å². The van der Waals surface area contributed by atoms with Gasteiger partial charge in [0.2, 0.25) is 5.91 Å². The highest BCUT2D eigenvalue weighted by molar-refractivity contribution is 7.91. The molecule has 1 amide bonds. The van der Waals surface area contributed by atoms with Crippen LogP contribution in [0.4, 0.5) is 0 Å². The van der Waals surface area contributed by atoms with Crippen molar-refractivity contribution >= 4 is 15.7 Å². The highest BCUT2D eigenvalue weighted by Crippen LogP contribution is 2.43. The second kappa shape index (κ2) is 6.71. The van der Waals surface area contributed by atoms with Gasteiger partial charge < -0.3 is 10.0 Å². The van der Waals surface area contributed by atoms with Gasteiger partial charge in [-0.15, -0.1) is 0 Å². The topological polar surface area (TPSA) is 74.7 Å². The number of nitrogens with zero attached hydrogens (tertiary/aromatic N) is 1. The van der Waals surface area contributed by atoms with Gasteiger partial charge in [0.25, 0.3) is 0 Å². The van der Waals surface area contributed by atoms with E-state index in [0.29, 0.717) is 19.3 Å². The monoisotopic (exact) mass is 347 g/mol. The van der Waals surface area contributed by atoms with Gasteiger partial charge in [0.15, 0.2) is 9.84 Å². The normalized spacial score (nSPS) is 27.9. The first-order valence-corrected chi connectivity index (χ1v) is 10.3. The molecule has 0 aromatic rings. The third-order valence-electron chi connectivity index (χ3n) is 5.26. The molecule has 0 aliphatic heterocycles. The van der Waals surface area contributed by atoms with Crippen LogP contribution in [0.2, 0.25) is 0 Å². The summed E-state index contributed by atoms with van der Waals surface area (Å²) in [5, 5.41) is 9.88. The molecule has 2 atom stereocenters. The average Bonchev–Trinajstić information content (AvgIpc) is 2.36. The summed E-state index contributed by atoms with van der Waals surface area (Å²) >= 11 is 0. The summed E-state index contributed by atoms with van der Waals surface area (Å²) in [6, 6.07) is -0.374. The Morgan fingerprint density at radius 1 is 1.30 bits per heavy atom. The minimum Gasteiger partial charge on any atom is -0.390 e. The average molecular weight is 348 g/mol. The predicted molar refractivity (Wildman–Crippen MR) is 92.9 cm³/mol. The molecule has 1 saturated carbocycles. The van der Waals surface area contributed by atoms with Crippen LogP contribution in [0, 0.1) is 11.3 Å². The number of amides is 1. The van der Waals surface area contributed by atoms with Crippen LogP contribution in [0.5, 0.6) is 0 Å². The van der Waals surface area contributed by atoms with E-state index in [2.05, 4.69) is 20.8 Å². The molecule has 1 aliphatic rings. The van der Waals surface area contributed by atoms with Gasteiger partial charge in [-0.25, -0.2) is 8.42 Å². The van der Waals surface area contributed by atoms with Crippen molar-refractivity contribution < 1.29 is 18.3 Å². The Morgan fingerprint density at radius 3 is 2.17 bits per heavy atom. The third kappa shape index (κ3) is 5.45. The van der Waals surface area contributed by atoms with Crippen LogP contribution >= 0.6 is 0 Å². The van der Waals surface area contributed by atoms with Crippen LogP contribution in [-0.2, 0) is 14.6 Å². The fourth-order valence-electron chi connectivity index (χ4n) is 3.01. The van der Waals surface area contributed by atoms with Gasteiger partial charge in [-0.3, -0.25) is 4.79 Å². The molecular weight excluding hydrogens is 314 g/mol. The Kier molecular flexibility index (Phi) is 5.96. The summed E-state index contributed by atoms with van der Waals surface area (Å²) in [7, 11) is -1.53. The minimum atomic E-state index is -3.19. The molecule has 136 valence electrons. The molecule has 6 heteroatoms. The largest absolute Gasteiger partial charge is 0.390 e. The molecule has 0 spiro atoms. The highest BCUT2D eigenvalue weighted by Gasteiger charge is 2.47. The minimum absolute atomic E-state index is 0.0616. The zero-order valence-corrected chi connectivity index (χ0v) is 16.4. The third-order valence-corrected chi connectivity index (χ3v) is 7.00. The Bertz CT molecular complexity index is 529. The molecule has 5 nitrogen and oxygen atoms in total. The first-order valence-electron chi connectivity index (χ1n) is 8.34. The van der Waals surface area contributed by atoms with E-state index >= 15 is 0 Å². The van der Waals surface area contributed by atoms with E-state index in [0.717, 1.165) is 6.42 Å². The van der Waals surface area contributed by atoms with Crippen molar-refractivity contribution in [2.45, 2.75) is 77.2 Å². The number of hydrogen-bond donors (Lipinski definition) is 1. The first kappa shape index (κ1) is 20.4. The van der Waals surface area contributed by atoms with E-state index in [4.69, 9.17) is 0 Å². The van der Waals surface area contributed by atoms with Crippen molar-refractivity contribution in [3.8, 4) is 0 Å². The molecule has 1 N–H and O–H groups in total. The Morgan fingerprint density at radius 2 is 1.78 bits per heavy atom. The van der Waals surface area contributed by atoms with Gasteiger partial charge in [0, 0.05) is 25.3 Å². The van der Waals surface area contributed by atoms with Crippen LogP contribution in [0.3, 0.4) is 0 Å². The van der Waals surface area contributed by atoms with Crippen LogP contribution in [0.25, 0.3) is 0 Å². The zero-order valence-electron chi connectivity index (χ0n) is 15.6. The molecule has 0 heterocycles. The van der Waals surface area contributed by atoms with E-state index in [9.17, 15) is 18.3 Å². The number of sulfone groups is 1. The second-order valence-electron chi connectivity index (χ2n) is 8.61. The molecule has 1 aliphatic carbocycles. The Labute approximate surface area is 141 Å². The second-order valence-corrected chi connectivity index (χ2v) is 11.0. The lowest BCUT2D eigenvalue weighted by atomic mass is 9.66. The zero-order chi connectivity index (χ0) is 18.2. The molecule has 23 heavy (non-hydrogen) atoms. The molecule has 0 unspecified atom stereocenters. The number of rotatable bonds is 6. The van der Waals surface area contributed by atoms with Gasteiger partial charge in [-0.2, -0.15) is 0 Å². The lowest BCUT2D eigenvalue weighted by Crippen LogP contribution is -2.54. The van der Waals surface area contributed by atoms with E-state index in [1.54, 1.807) is 20.9 Å². The summed E-state index contributed by atoms with van der Waals surface area (Å²) in [6.07, 6.45) is 3.78. The number of hydrogen-bond acceptors (Lipinski definition) is 4. The van der Waals surface area contributed by atoms with Crippen molar-refractivity contribution in [2.24, 2.45) is 11.3 Å². The van der Waals surface area contributed by atoms with Crippen molar-refractivity contribution in [2.75, 3.05) is 13.3 Å². The maximum absolute atomic E-state index is 12.5. The highest BCUT2D eigenvalue weighted by atomic mass is 32.2. The van der Waals surface area contributed by atoms with Gasteiger partial charge in [-0.05, 0) is 44.9 Å². The number of aliphatic hydroxyl groups is 1. The molecular formula is C17H33NO4S. The van der Waals surface area contributed by atoms with E-state index in [-0.39, 0.29) is 23.3 Å². The van der Waals surface area contributed by atoms with E-state index in [1.165, 1.54) is 11.2 Å². The van der Waals surface area contributed by atoms with Crippen molar-refractivity contribution in [1.82, 2.24) is 4.90 Å². The number of carbonyl (C=O) groups excluding carboxylic acids is 1. The van der Waals surface area contributed by atoms with Crippen molar-refractivity contribution in [3.63, 3.8) is 0 Å². The molecule has 0 aromatic carbocycles. The first-order chi connectivity index (χ1) is 10.2. The SMILES string of the molecule is C[C@H]([C@H](C)S(C)(=O)=O)N(C)C(=O)C1CC(O)(CCC(C)(C)C)C1. The van der Waals surface area contributed by atoms with Gasteiger partial charge in [-0.1, -0.05) is 20.8 Å². The fourth-order valence-corrected chi connectivity index (χ4v) is 3.90. The summed E-state index contributed by atoms with van der Waals surface area (Å²) < 4.78 is 23.3. The predicted octanol–water partition coefficient (Wildman–Crippen LogP) is 2.23.